The number of para-hydroxylation sites is 1. The Morgan fingerprint density at radius 3 is 2.86 bits per heavy atom. The Balaban J connectivity index is 1.85. The van der Waals surface area contributed by atoms with E-state index in [1.54, 1.807) is 0 Å². The second-order valence-corrected chi connectivity index (χ2v) is 5.61. The molecule has 1 aromatic carbocycles. The van der Waals surface area contributed by atoms with Crippen molar-refractivity contribution in [2.24, 2.45) is 0 Å². The van der Waals surface area contributed by atoms with Crippen LogP contribution in [0.5, 0.6) is 0 Å². The quantitative estimate of drug-likeness (QED) is 0.923. The van der Waals surface area contributed by atoms with Gasteiger partial charge in [-0.3, -0.25) is 0 Å². The van der Waals surface area contributed by atoms with Gasteiger partial charge in [0.05, 0.1) is 0 Å². The Morgan fingerprint density at radius 2 is 2.10 bits per heavy atom. The van der Waals surface area contributed by atoms with Crippen LogP contribution < -0.4 is 10.2 Å². The van der Waals surface area contributed by atoms with Crippen molar-refractivity contribution in [1.29, 1.82) is 0 Å². The molecule has 0 saturated heterocycles. The number of benzene rings is 1. The molecule has 2 aromatic rings. The number of hydrogen-bond donors (Lipinski definition) is 1. The highest BCUT2D eigenvalue weighted by atomic mass is 15.2. The van der Waals surface area contributed by atoms with E-state index in [9.17, 15) is 0 Å². The second-order valence-electron chi connectivity index (χ2n) is 5.61. The number of nitrogens with one attached hydrogen (secondary N) is 1. The third-order valence-corrected chi connectivity index (χ3v) is 4.17. The number of pyridine rings is 1. The van der Waals surface area contributed by atoms with Crippen molar-refractivity contribution in [1.82, 2.24) is 10.3 Å². The van der Waals surface area contributed by atoms with Gasteiger partial charge >= 0.3 is 0 Å². The third kappa shape index (κ3) is 2.93. The summed E-state index contributed by atoms with van der Waals surface area (Å²) in [5.74, 6) is 1.05. The Morgan fingerprint density at radius 1 is 1.24 bits per heavy atom. The van der Waals surface area contributed by atoms with E-state index in [1.165, 1.54) is 29.7 Å². The Labute approximate surface area is 127 Å². The molecule has 0 amide bonds. The molecule has 1 aromatic heterocycles. The molecule has 0 saturated carbocycles. The molecule has 1 atom stereocenters. The maximum atomic E-state index is 4.69. The first-order valence-corrected chi connectivity index (χ1v) is 7.84. The summed E-state index contributed by atoms with van der Waals surface area (Å²) < 4.78 is 0. The van der Waals surface area contributed by atoms with Crippen molar-refractivity contribution in [3.05, 3.63) is 53.7 Å². The number of nitrogens with zero attached hydrogens (tertiary/aromatic N) is 2. The van der Waals surface area contributed by atoms with E-state index in [0.717, 1.165) is 18.9 Å². The summed E-state index contributed by atoms with van der Waals surface area (Å²) in [7, 11) is 0. The number of aromatic nitrogens is 1. The first-order valence-electron chi connectivity index (χ1n) is 7.84. The highest BCUT2D eigenvalue weighted by Gasteiger charge is 2.18. The van der Waals surface area contributed by atoms with Crippen LogP contribution in [0.3, 0.4) is 0 Å². The third-order valence-electron chi connectivity index (χ3n) is 4.17. The molecule has 21 heavy (non-hydrogen) atoms. The fraction of sp³-hybridized carbons (Fsp3) is 0.389. The summed E-state index contributed by atoms with van der Waals surface area (Å²) in [5.41, 5.74) is 3.98. The minimum absolute atomic E-state index is 0.352. The minimum Gasteiger partial charge on any atom is -0.326 e. The predicted octanol–water partition coefficient (Wildman–Crippen LogP) is 3.84. The molecule has 3 heteroatoms. The van der Waals surface area contributed by atoms with Crippen LogP contribution in [-0.4, -0.2) is 18.1 Å². The van der Waals surface area contributed by atoms with Crippen LogP contribution >= 0.6 is 0 Å². The first kappa shape index (κ1) is 14.1. The van der Waals surface area contributed by atoms with Crippen LogP contribution in [0.15, 0.2) is 42.6 Å². The molecule has 0 bridgehead atoms. The van der Waals surface area contributed by atoms with E-state index >= 15 is 0 Å². The molecule has 1 aliphatic heterocycles. The molecule has 1 aliphatic rings. The number of anilines is 2. The van der Waals surface area contributed by atoms with Gasteiger partial charge in [-0.2, -0.15) is 0 Å². The molecule has 3 nitrogen and oxygen atoms in total. The smallest absolute Gasteiger partial charge is 0.132 e. The van der Waals surface area contributed by atoms with E-state index in [2.05, 4.69) is 60.5 Å². The van der Waals surface area contributed by atoms with Crippen molar-refractivity contribution in [2.75, 3.05) is 18.0 Å². The molecule has 1 unspecified atom stereocenters. The van der Waals surface area contributed by atoms with Crippen molar-refractivity contribution in [3.8, 4) is 0 Å². The SMILES string of the molecule is CCNC(C)c1ccc(N2CCCc3ccccc32)nc1. The van der Waals surface area contributed by atoms with Gasteiger partial charge in [0.25, 0.3) is 0 Å². The van der Waals surface area contributed by atoms with Gasteiger partial charge in [-0.25, -0.2) is 4.98 Å². The van der Waals surface area contributed by atoms with Gasteiger partial charge in [0.1, 0.15) is 5.82 Å². The van der Waals surface area contributed by atoms with Crippen molar-refractivity contribution in [2.45, 2.75) is 32.7 Å². The molecule has 3 rings (SSSR count). The summed E-state index contributed by atoms with van der Waals surface area (Å²) in [5, 5.41) is 3.42. The fourth-order valence-electron chi connectivity index (χ4n) is 3.01. The van der Waals surface area contributed by atoms with Crippen LogP contribution in [0.25, 0.3) is 0 Å². The van der Waals surface area contributed by atoms with Crippen LogP contribution in [0.2, 0.25) is 0 Å². The molecule has 110 valence electrons. The van der Waals surface area contributed by atoms with Crippen LogP contribution in [0.1, 0.15) is 37.4 Å². The largest absolute Gasteiger partial charge is 0.326 e. The standard InChI is InChI=1S/C18H23N3/c1-3-19-14(2)16-10-11-18(20-13-16)21-12-6-8-15-7-4-5-9-17(15)21/h4-5,7,9-11,13-14,19H,3,6,8,12H2,1-2H3. The van der Waals surface area contributed by atoms with Gasteiger partial charge in [-0.15, -0.1) is 0 Å². The summed E-state index contributed by atoms with van der Waals surface area (Å²) in [6.45, 7) is 6.33. The van der Waals surface area contributed by atoms with Crippen LogP contribution in [0.4, 0.5) is 11.5 Å². The topological polar surface area (TPSA) is 28.2 Å². The molecule has 0 aliphatic carbocycles. The zero-order chi connectivity index (χ0) is 14.7. The van der Waals surface area contributed by atoms with Crippen LogP contribution in [-0.2, 0) is 6.42 Å². The van der Waals surface area contributed by atoms with Gasteiger partial charge in [0.15, 0.2) is 0 Å². The lowest BCUT2D eigenvalue weighted by Crippen LogP contribution is -2.25. The first-order chi connectivity index (χ1) is 10.3. The maximum absolute atomic E-state index is 4.69. The summed E-state index contributed by atoms with van der Waals surface area (Å²) in [6, 6.07) is 13.3. The monoisotopic (exact) mass is 281 g/mol. The van der Waals surface area contributed by atoms with E-state index < -0.39 is 0 Å². The average molecular weight is 281 g/mol. The van der Waals surface area contributed by atoms with Crippen LogP contribution in [0, 0.1) is 0 Å². The van der Waals surface area contributed by atoms with E-state index in [0.29, 0.717) is 6.04 Å². The van der Waals surface area contributed by atoms with E-state index in [4.69, 9.17) is 4.98 Å². The van der Waals surface area contributed by atoms with Crippen molar-refractivity contribution in [3.63, 3.8) is 0 Å². The minimum atomic E-state index is 0.352. The summed E-state index contributed by atoms with van der Waals surface area (Å²) in [6.07, 6.45) is 4.36. The van der Waals surface area contributed by atoms with Gasteiger partial charge in [-0.05, 0) is 49.6 Å². The lowest BCUT2D eigenvalue weighted by molar-refractivity contribution is 0.596. The number of fused-ring (bicyclic) bond motifs is 1. The second kappa shape index (κ2) is 6.27. The van der Waals surface area contributed by atoms with E-state index in [1.807, 2.05) is 6.20 Å². The Kier molecular flexibility index (Phi) is 4.20. The number of rotatable bonds is 4. The number of aryl methyl sites for hydroxylation is 1. The molecule has 0 fully saturated rings. The summed E-state index contributed by atoms with van der Waals surface area (Å²) >= 11 is 0. The fourth-order valence-corrected chi connectivity index (χ4v) is 3.01. The zero-order valence-electron chi connectivity index (χ0n) is 12.8. The molecular formula is C18H23N3. The van der Waals surface area contributed by atoms with Crippen molar-refractivity contribution < 1.29 is 0 Å². The molecule has 0 spiro atoms. The van der Waals surface area contributed by atoms with E-state index in [-0.39, 0.29) is 0 Å². The Bertz CT molecular complexity index is 592. The predicted molar refractivity (Wildman–Crippen MR) is 88.1 cm³/mol. The average Bonchev–Trinajstić information content (AvgIpc) is 2.55. The van der Waals surface area contributed by atoms with Crippen molar-refractivity contribution >= 4 is 11.5 Å². The maximum Gasteiger partial charge on any atom is 0.132 e. The van der Waals surface area contributed by atoms with Gasteiger partial charge in [-0.1, -0.05) is 31.2 Å². The van der Waals surface area contributed by atoms with Gasteiger partial charge < -0.3 is 10.2 Å². The molecule has 1 N–H and O–H groups in total. The summed E-state index contributed by atoms with van der Waals surface area (Å²) in [4.78, 5) is 7.02. The Hall–Kier alpha value is -1.87. The zero-order valence-corrected chi connectivity index (χ0v) is 12.8. The van der Waals surface area contributed by atoms with Gasteiger partial charge in [0.2, 0.25) is 0 Å². The highest BCUT2D eigenvalue weighted by molar-refractivity contribution is 5.65. The highest BCUT2D eigenvalue weighted by Crippen LogP contribution is 2.32. The lowest BCUT2D eigenvalue weighted by atomic mass is 10.0. The number of hydrogen-bond acceptors (Lipinski definition) is 3. The van der Waals surface area contributed by atoms with Gasteiger partial charge in [0, 0.05) is 24.5 Å². The lowest BCUT2D eigenvalue weighted by Gasteiger charge is -2.30. The molecular weight excluding hydrogens is 258 g/mol. The molecule has 0 radical (unpaired) electrons. The molecule has 2 heterocycles. The normalized spacial score (nSPS) is 15.6.